The molecule has 3 unspecified atom stereocenters. The van der Waals surface area contributed by atoms with E-state index in [1.165, 1.54) is 0 Å². The average molecular weight is 578 g/mol. The Morgan fingerprint density at radius 1 is 1.14 bits per heavy atom. The van der Waals surface area contributed by atoms with Gasteiger partial charge in [-0.1, -0.05) is 48.0 Å². The molecule has 4 saturated heterocycles. The summed E-state index contributed by atoms with van der Waals surface area (Å²) in [7, 11) is 0. The first-order valence-corrected chi connectivity index (χ1v) is 13.7. The molecule has 9 atom stereocenters. The molecule has 1 aliphatic carbocycles. The monoisotopic (exact) mass is 577 g/mol. The van der Waals surface area contributed by atoms with Gasteiger partial charge < -0.3 is 18.9 Å². The van der Waals surface area contributed by atoms with Crippen LogP contribution in [0.15, 0.2) is 28.7 Å². The van der Waals surface area contributed by atoms with Crippen molar-refractivity contribution < 1.29 is 38.3 Å². The molecule has 2 bridgehead atoms. The second-order valence-corrected chi connectivity index (χ2v) is 11.6. The standard InChI is InChI=1S/C27H32BrNO8/c1-15-8-9-19-16(2)24(34-25-27(19)18(15)12-13-26(3,35-25)36-37-27)33-23(31)11-10-22(30)32-21(14-29)17-6-4-5-7-20(17)28/h4-7,15-16,18-19,21,24-25H,8-13H2,1-3H3/t15-,16-,18?,19?,21?,24-,25-,26+,27-/m1/s1. The molecule has 200 valence electrons. The minimum atomic E-state index is -1.08. The Kier molecular flexibility index (Phi) is 7.37. The van der Waals surface area contributed by atoms with Crippen molar-refractivity contribution in [2.45, 2.75) is 89.4 Å². The van der Waals surface area contributed by atoms with Crippen molar-refractivity contribution in [2.24, 2.45) is 23.7 Å². The lowest BCUT2D eigenvalue weighted by Gasteiger charge is -2.59. The maximum atomic E-state index is 12.7. The summed E-state index contributed by atoms with van der Waals surface area (Å²) in [5, 5.41) is 9.45. The molecule has 4 aliphatic heterocycles. The first-order valence-electron chi connectivity index (χ1n) is 12.9. The van der Waals surface area contributed by atoms with Gasteiger partial charge in [0.1, 0.15) is 6.07 Å². The summed E-state index contributed by atoms with van der Waals surface area (Å²) >= 11 is 3.36. The lowest BCUT2D eigenvalue weighted by molar-refractivity contribution is -0.576. The van der Waals surface area contributed by atoms with Crippen molar-refractivity contribution >= 4 is 27.9 Å². The van der Waals surface area contributed by atoms with Crippen LogP contribution in [0.2, 0.25) is 0 Å². The quantitative estimate of drug-likeness (QED) is 0.337. The van der Waals surface area contributed by atoms with Crippen molar-refractivity contribution in [1.29, 1.82) is 5.26 Å². The lowest BCUT2D eigenvalue weighted by atomic mass is 9.58. The van der Waals surface area contributed by atoms with Crippen molar-refractivity contribution in [3.8, 4) is 6.07 Å². The van der Waals surface area contributed by atoms with E-state index in [9.17, 15) is 14.9 Å². The van der Waals surface area contributed by atoms with Crippen LogP contribution in [0, 0.1) is 35.0 Å². The summed E-state index contributed by atoms with van der Waals surface area (Å²) in [6.07, 6.45) is 0.484. The van der Waals surface area contributed by atoms with Crippen LogP contribution in [-0.4, -0.2) is 35.9 Å². The molecule has 1 aromatic carbocycles. The number of ether oxygens (including phenoxy) is 4. The van der Waals surface area contributed by atoms with Gasteiger partial charge in [-0.05, 0) is 44.1 Å². The van der Waals surface area contributed by atoms with Gasteiger partial charge in [-0.3, -0.25) is 9.59 Å². The van der Waals surface area contributed by atoms with Crippen LogP contribution in [0.3, 0.4) is 0 Å². The van der Waals surface area contributed by atoms with Crippen LogP contribution in [-0.2, 0) is 38.3 Å². The van der Waals surface area contributed by atoms with Crippen LogP contribution >= 0.6 is 15.9 Å². The van der Waals surface area contributed by atoms with E-state index in [0.717, 1.165) is 19.3 Å². The smallest absolute Gasteiger partial charge is 0.308 e. The van der Waals surface area contributed by atoms with Gasteiger partial charge in [0.25, 0.3) is 0 Å². The average Bonchev–Trinajstić information content (AvgIpc) is 3.10. The molecule has 4 heterocycles. The molecule has 9 nitrogen and oxygen atoms in total. The molecule has 0 radical (unpaired) electrons. The van der Waals surface area contributed by atoms with Crippen LogP contribution < -0.4 is 0 Å². The van der Waals surface area contributed by atoms with Gasteiger partial charge in [-0.2, -0.15) is 5.26 Å². The fourth-order valence-electron chi connectivity index (χ4n) is 6.44. The number of halogens is 1. The van der Waals surface area contributed by atoms with E-state index in [0.29, 0.717) is 22.4 Å². The molecule has 0 N–H and O–H groups in total. The highest BCUT2D eigenvalue weighted by Crippen LogP contribution is 2.60. The van der Waals surface area contributed by atoms with Crippen LogP contribution in [0.1, 0.15) is 71.0 Å². The molecule has 10 heteroatoms. The van der Waals surface area contributed by atoms with E-state index in [2.05, 4.69) is 22.9 Å². The highest BCUT2D eigenvalue weighted by molar-refractivity contribution is 9.10. The fraction of sp³-hybridized carbons (Fsp3) is 0.667. The van der Waals surface area contributed by atoms with Gasteiger partial charge in [-0.25, -0.2) is 9.78 Å². The number of nitrogens with zero attached hydrogens (tertiary/aromatic N) is 1. The summed E-state index contributed by atoms with van der Waals surface area (Å²) in [4.78, 5) is 37.0. The molecule has 1 spiro atoms. The number of hydrogen-bond donors (Lipinski definition) is 0. The Hall–Kier alpha value is -2.03. The summed E-state index contributed by atoms with van der Waals surface area (Å²) in [5.41, 5.74) is -0.199. The Bertz CT molecular complexity index is 1090. The number of rotatable bonds is 6. The minimum Gasteiger partial charge on any atom is -0.442 e. The number of carbonyl (C=O) groups is 2. The Morgan fingerprint density at radius 3 is 2.65 bits per heavy atom. The second kappa shape index (κ2) is 10.3. The summed E-state index contributed by atoms with van der Waals surface area (Å²) < 4.78 is 24.2. The summed E-state index contributed by atoms with van der Waals surface area (Å²) in [5.74, 6) is -1.64. The van der Waals surface area contributed by atoms with Crippen LogP contribution in [0.5, 0.6) is 0 Å². The van der Waals surface area contributed by atoms with E-state index >= 15 is 0 Å². The van der Waals surface area contributed by atoms with E-state index < -0.39 is 42.0 Å². The number of nitriles is 1. The maximum Gasteiger partial charge on any atom is 0.308 e. The Morgan fingerprint density at radius 2 is 1.89 bits per heavy atom. The molecular formula is C27H32BrNO8. The van der Waals surface area contributed by atoms with Gasteiger partial charge in [0.05, 0.1) is 12.8 Å². The Labute approximate surface area is 224 Å². The van der Waals surface area contributed by atoms with Gasteiger partial charge in [-0.15, -0.1) is 0 Å². The van der Waals surface area contributed by atoms with E-state index in [4.69, 9.17) is 28.7 Å². The predicted octanol–water partition coefficient (Wildman–Crippen LogP) is 5.09. The first-order chi connectivity index (χ1) is 17.7. The van der Waals surface area contributed by atoms with Gasteiger partial charge in [0.2, 0.25) is 18.2 Å². The zero-order chi connectivity index (χ0) is 26.4. The number of hydrogen-bond acceptors (Lipinski definition) is 9. The Balaban J connectivity index is 1.21. The van der Waals surface area contributed by atoms with Crippen LogP contribution in [0.4, 0.5) is 0 Å². The number of fused-ring (bicyclic) bond motifs is 2. The van der Waals surface area contributed by atoms with Crippen molar-refractivity contribution in [2.75, 3.05) is 0 Å². The number of benzene rings is 1. The van der Waals surface area contributed by atoms with Gasteiger partial charge >= 0.3 is 11.9 Å². The van der Waals surface area contributed by atoms with E-state index in [1.807, 2.05) is 19.9 Å². The van der Waals surface area contributed by atoms with E-state index in [1.54, 1.807) is 24.3 Å². The zero-order valence-corrected chi connectivity index (χ0v) is 22.8. The second-order valence-electron chi connectivity index (χ2n) is 10.8. The normalized spacial score (nSPS) is 39.0. The topological polar surface area (TPSA) is 113 Å². The predicted molar refractivity (Wildman–Crippen MR) is 131 cm³/mol. The lowest BCUT2D eigenvalue weighted by Crippen LogP contribution is -2.70. The third-order valence-corrected chi connectivity index (χ3v) is 9.15. The number of esters is 2. The molecule has 6 rings (SSSR count). The molecule has 1 aromatic rings. The molecule has 0 aromatic heterocycles. The number of carbonyl (C=O) groups excluding carboxylic acids is 2. The molecule has 5 aliphatic rings. The summed E-state index contributed by atoms with van der Waals surface area (Å²) in [6.45, 7) is 6.07. The molecule has 0 amide bonds. The van der Waals surface area contributed by atoms with E-state index in [-0.39, 0.29) is 30.6 Å². The maximum absolute atomic E-state index is 12.7. The largest absolute Gasteiger partial charge is 0.442 e. The van der Waals surface area contributed by atoms with Crippen molar-refractivity contribution in [3.05, 3.63) is 34.3 Å². The van der Waals surface area contributed by atoms with Crippen molar-refractivity contribution in [3.63, 3.8) is 0 Å². The van der Waals surface area contributed by atoms with Gasteiger partial charge in [0.15, 0.2) is 11.9 Å². The van der Waals surface area contributed by atoms with Crippen molar-refractivity contribution in [1.82, 2.24) is 0 Å². The minimum absolute atomic E-state index is 0.0265. The first kappa shape index (κ1) is 26.6. The molecule has 5 fully saturated rings. The third-order valence-electron chi connectivity index (χ3n) is 8.43. The highest BCUT2D eigenvalue weighted by atomic mass is 79.9. The highest BCUT2D eigenvalue weighted by Gasteiger charge is 2.69. The fourth-order valence-corrected chi connectivity index (χ4v) is 6.93. The summed E-state index contributed by atoms with van der Waals surface area (Å²) in [6, 6.07) is 8.98. The zero-order valence-electron chi connectivity index (χ0n) is 21.2. The molecule has 37 heavy (non-hydrogen) atoms. The molecule has 1 saturated carbocycles. The molecular weight excluding hydrogens is 546 g/mol. The van der Waals surface area contributed by atoms with Gasteiger partial charge in [0, 0.05) is 28.3 Å². The van der Waals surface area contributed by atoms with Crippen LogP contribution in [0.25, 0.3) is 0 Å². The SMILES string of the molecule is C[C@@H]1CCC2[C@@H](C)[C@H](OC(=O)CCC(=O)OC(C#N)c3ccccc3Br)O[C@@H]3O[C@]4(C)CCC1[C@@]23OO4. The third kappa shape index (κ3) is 4.81.